The molecule has 4 heteroatoms. The Bertz CT molecular complexity index is 1080. The summed E-state index contributed by atoms with van der Waals surface area (Å²) in [6.07, 6.45) is 0. The minimum atomic E-state index is -1.55. The van der Waals surface area contributed by atoms with E-state index in [1.54, 1.807) is 18.2 Å². The minimum Gasteiger partial charge on any atom is -0.590 e. The first-order valence-corrected chi connectivity index (χ1v) is 8.96. The molecule has 0 fully saturated rings. The topological polar surface area (TPSA) is 60.4 Å². The lowest BCUT2D eigenvalue weighted by Gasteiger charge is -2.04. The van der Waals surface area contributed by atoms with Crippen LogP contribution in [0.2, 0.25) is 0 Å². The van der Waals surface area contributed by atoms with Gasteiger partial charge in [-0.2, -0.15) is 0 Å². The summed E-state index contributed by atoms with van der Waals surface area (Å²) in [5.74, 6) is -0.321. The Kier molecular flexibility index (Phi) is 3.84. The van der Waals surface area contributed by atoms with Crippen molar-refractivity contribution in [3.63, 3.8) is 0 Å². The molecule has 0 bridgehead atoms. The van der Waals surface area contributed by atoms with E-state index in [0.717, 1.165) is 10.9 Å². The molecule has 4 rings (SSSR count). The van der Waals surface area contributed by atoms with Gasteiger partial charge in [-0.05, 0) is 40.6 Å². The van der Waals surface area contributed by atoms with Gasteiger partial charge in [-0.1, -0.05) is 54.6 Å². The predicted octanol–water partition coefficient (Wildman–Crippen LogP) is 5.17. The lowest BCUT2D eigenvalue weighted by Crippen LogP contribution is -2.01. The van der Waals surface area contributed by atoms with E-state index in [-0.39, 0.29) is 16.4 Å². The van der Waals surface area contributed by atoms with Crippen LogP contribution in [0.1, 0.15) is 15.2 Å². The molecule has 122 valence electrons. The first-order chi connectivity index (χ1) is 12.2. The van der Waals surface area contributed by atoms with Crippen LogP contribution in [0.4, 0.5) is 0 Å². The quantitative estimate of drug-likeness (QED) is 0.411. The monoisotopic (exact) mass is 346 g/mol. The van der Waals surface area contributed by atoms with Crippen LogP contribution in [0.3, 0.4) is 0 Å². The van der Waals surface area contributed by atoms with Crippen molar-refractivity contribution in [3.8, 4) is 16.9 Å². The van der Waals surface area contributed by atoms with Gasteiger partial charge in [-0.25, -0.2) is 0 Å². The zero-order valence-electron chi connectivity index (χ0n) is 13.2. The molecular weight excluding hydrogens is 332 g/mol. The van der Waals surface area contributed by atoms with Crippen LogP contribution in [-0.4, -0.2) is 15.4 Å². The Hall–Kier alpha value is -2.95. The zero-order valence-corrected chi connectivity index (χ0v) is 14.0. The van der Waals surface area contributed by atoms with Crippen LogP contribution in [-0.2, 0) is 0 Å². The number of hydrogen-bond donors (Lipinski definition) is 1. The van der Waals surface area contributed by atoms with E-state index in [0.29, 0.717) is 15.8 Å². The van der Waals surface area contributed by atoms with E-state index < -0.39 is 10.8 Å². The third-order valence-corrected chi connectivity index (χ3v) is 5.66. The summed E-state index contributed by atoms with van der Waals surface area (Å²) in [4.78, 5) is 13.4. The molecule has 0 aliphatic rings. The second-order valence-electron chi connectivity index (χ2n) is 5.71. The van der Waals surface area contributed by atoms with Crippen molar-refractivity contribution in [2.45, 2.75) is 0 Å². The second kappa shape index (κ2) is 6.16. The maximum absolute atomic E-state index is 13.1. The van der Waals surface area contributed by atoms with Gasteiger partial charge >= 0.3 is 0 Å². The molecule has 1 N–H and O–H groups in total. The van der Waals surface area contributed by atoms with E-state index in [1.807, 2.05) is 48.5 Å². The summed E-state index contributed by atoms with van der Waals surface area (Å²) in [6.45, 7) is 0. The highest BCUT2D eigenvalue weighted by atomic mass is 32.2. The molecule has 0 spiro atoms. The summed E-state index contributed by atoms with van der Waals surface area (Å²) in [5, 5.41) is 10.5. The highest BCUT2D eigenvalue weighted by Gasteiger charge is 2.29. The number of fused-ring (bicyclic) bond motifs is 1. The Labute approximate surface area is 147 Å². The van der Waals surface area contributed by atoms with Crippen LogP contribution < -0.4 is 0 Å². The highest BCUT2D eigenvalue weighted by molar-refractivity contribution is 7.33. The van der Waals surface area contributed by atoms with Crippen molar-refractivity contribution in [1.29, 1.82) is 0 Å². The number of hydrogen-bond acceptors (Lipinski definition) is 3. The van der Waals surface area contributed by atoms with E-state index in [4.69, 9.17) is 0 Å². The molecule has 0 aliphatic heterocycles. The highest BCUT2D eigenvalue weighted by Crippen LogP contribution is 2.44. The molecule has 1 unspecified atom stereocenters. The number of ketones is 1. The normalized spacial score (nSPS) is 11.6. The van der Waals surface area contributed by atoms with Gasteiger partial charge in [0, 0.05) is 10.9 Å². The average Bonchev–Trinajstić information content (AvgIpc) is 2.95. The standard InChI is InChI=1S/C21H14O3S/c22-16-10-6-9-15(13-16)20(23)21-19(14-7-2-1-3-8-14)17-11-4-5-12-18(17)25(21)24/h1-13,22H. The molecule has 1 atom stereocenters. The minimum absolute atomic E-state index is 0.00834. The molecule has 0 aliphatic carbocycles. The van der Waals surface area contributed by atoms with E-state index >= 15 is 0 Å². The van der Waals surface area contributed by atoms with Gasteiger partial charge in [-0.15, -0.1) is 0 Å². The Morgan fingerprint density at radius 2 is 1.60 bits per heavy atom. The van der Waals surface area contributed by atoms with Crippen LogP contribution in [0.25, 0.3) is 21.2 Å². The molecule has 3 aromatic carbocycles. The number of benzene rings is 3. The van der Waals surface area contributed by atoms with Gasteiger partial charge in [0.25, 0.3) is 0 Å². The maximum atomic E-state index is 13.1. The molecule has 0 radical (unpaired) electrons. The molecular formula is C21H14O3S. The lowest BCUT2D eigenvalue weighted by molar-refractivity contribution is 0.104. The molecule has 3 nitrogen and oxygen atoms in total. The van der Waals surface area contributed by atoms with Gasteiger partial charge < -0.3 is 9.66 Å². The van der Waals surface area contributed by atoms with Crippen molar-refractivity contribution >= 4 is 26.6 Å². The number of rotatable bonds is 3. The number of aromatic hydroxyl groups is 1. The largest absolute Gasteiger partial charge is 0.590 e. The van der Waals surface area contributed by atoms with Gasteiger partial charge in [-0.3, -0.25) is 4.79 Å². The molecule has 0 saturated carbocycles. The van der Waals surface area contributed by atoms with Crippen LogP contribution in [0.5, 0.6) is 5.75 Å². The smallest absolute Gasteiger partial charge is 0.245 e. The maximum Gasteiger partial charge on any atom is 0.245 e. The number of thiophene rings is 1. The van der Waals surface area contributed by atoms with Gasteiger partial charge in [0.05, 0.1) is 5.56 Å². The van der Waals surface area contributed by atoms with E-state index in [1.165, 1.54) is 12.1 Å². The third-order valence-electron chi connectivity index (χ3n) is 4.15. The van der Waals surface area contributed by atoms with Crippen molar-refractivity contribution in [2.75, 3.05) is 0 Å². The average molecular weight is 346 g/mol. The zero-order chi connectivity index (χ0) is 17.4. The summed E-state index contributed by atoms with van der Waals surface area (Å²) < 4.78 is 13.7. The Balaban J connectivity index is 2.03. The summed E-state index contributed by atoms with van der Waals surface area (Å²) in [6, 6.07) is 23.0. The van der Waals surface area contributed by atoms with Gasteiger partial charge in [0.2, 0.25) is 10.7 Å². The summed E-state index contributed by atoms with van der Waals surface area (Å²) in [7, 11) is -1.55. The fourth-order valence-corrected chi connectivity index (χ4v) is 4.52. The number of phenolic OH excluding ortho intramolecular Hbond substituents is 1. The fraction of sp³-hybridized carbons (Fsp3) is 0. The fourth-order valence-electron chi connectivity index (χ4n) is 3.03. The first-order valence-electron chi connectivity index (χ1n) is 7.81. The Morgan fingerprint density at radius 1 is 0.880 bits per heavy atom. The second-order valence-corrected chi connectivity index (χ2v) is 7.10. The number of carbonyl (C=O) groups excluding carboxylic acids is 1. The van der Waals surface area contributed by atoms with Crippen molar-refractivity contribution in [2.24, 2.45) is 0 Å². The third kappa shape index (κ3) is 2.61. The van der Waals surface area contributed by atoms with E-state index in [2.05, 4.69) is 0 Å². The van der Waals surface area contributed by atoms with Gasteiger partial charge in [0.15, 0.2) is 4.70 Å². The van der Waals surface area contributed by atoms with Gasteiger partial charge in [0.1, 0.15) is 5.75 Å². The van der Waals surface area contributed by atoms with Crippen LogP contribution in [0.15, 0.2) is 78.9 Å². The molecule has 1 aromatic heterocycles. The SMILES string of the molecule is O=C(c1cccc(O)c1)c1c(-c2ccccc2)c2ccccc2[s+]1[O-]. The summed E-state index contributed by atoms with van der Waals surface area (Å²) in [5.41, 5.74) is 1.87. The van der Waals surface area contributed by atoms with Crippen LogP contribution >= 0.6 is 10.8 Å². The van der Waals surface area contributed by atoms with Crippen molar-refractivity contribution in [1.82, 2.24) is 0 Å². The predicted molar refractivity (Wildman–Crippen MR) is 99.6 cm³/mol. The Morgan fingerprint density at radius 3 is 2.36 bits per heavy atom. The van der Waals surface area contributed by atoms with E-state index in [9.17, 15) is 14.5 Å². The van der Waals surface area contributed by atoms with Crippen molar-refractivity contribution in [3.05, 3.63) is 89.3 Å². The molecule has 4 aromatic rings. The molecule has 1 heterocycles. The lowest BCUT2D eigenvalue weighted by atomic mass is 9.98. The van der Waals surface area contributed by atoms with Crippen molar-refractivity contribution < 1.29 is 14.5 Å². The first kappa shape index (κ1) is 15.6. The molecule has 0 amide bonds. The number of carbonyl (C=O) groups is 1. The summed E-state index contributed by atoms with van der Waals surface area (Å²) >= 11 is 0. The van der Waals surface area contributed by atoms with Crippen LogP contribution in [0, 0.1) is 0 Å². The number of phenols is 1. The molecule has 0 saturated heterocycles. The molecule has 25 heavy (non-hydrogen) atoms.